The number of thiazole rings is 1. The molecule has 1 aliphatic carbocycles. The van der Waals surface area contributed by atoms with Crippen LogP contribution in [0.4, 0.5) is 5.69 Å². The van der Waals surface area contributed by atoms with Crippen molar-refractivity contribution in [2.45, 2.75) is 24.7 Å². The maximum absolute atomic E-state index is 5.74. The molecule has 2 aromatic rings. The van der Waals surface area contributed by atoms with Crippen LogP contribution in [0.3, 0.4) is 0 Å². The largest absolute Gasteiger partial charge is 0.399 e. The van der Waals surface area contributed by atoms with E-state index < -0.39 is 0 Å². The molecule has 0 spiro atoms. The molecule has 0 saturated heterocycles. The second-order valence-electron chi connectivity index (χ2n) is 5.25. The van der Waals surface area contributed by atoms with Crippen LogP contribution >= 0.6 is 11.3 Å². The first-order valence-corrected chi connectivity index (χ1v) is 7.62. The fourth-order valence-corrected chi connectivity index (χ4v) is 3.07. The molecule has 0 bridgehead atoms. The lowest BCUT2D eigenvalue weighted by Crippen LogP contribution is -2.28. The molecule has 3 nitrogen and oxygen atoms in total. The van der Waals surface area contributed by atoms with Crippen LogP contribution in [0.2, 0.25) is 0 Å². The lowest BCUT2D eigenvalue weighted by atomic mass is 9.95. The first-order valence-electron chi connectivity index (χ1n) is 6.74. The Bertz CT molecular complexity index is 515. The van der Waals surface area contributed by atoms with Crippen LogP contribution in [-0.2, 0) is 11.8 Å². The highest BCUT2D eigenvalue weighted by Gasteiger charge is 2.43. The monoisotopic (exact) mass is 273 g/mol. The number of nitrogens with zero attached hydrogens (tertiary/aromatic N) is 1. The van der Waals surface area contributed by atoms with E-state index >= 15 is 0 Å². The lowest BCUT2D eigenvalue weighted by molar-refractivity contribution is 0.575. The molecule has 0 amide bonds. The van der Waals surface area contributed by atoms with Crippen molar-refractivity contribution in [2.75, 3.05) is 18.8 Å². The van der Waals surface area contributed by atoms with Gasteiger partial charge in [0.05, 0.1) is 5.01 Å². The average Bonchev–Trinajstić information content (AvgIpc) is 3.03. The summed E-state index contributed by atoms with van der Waals surface area (Å²) in [6.07, 6.45) is 5.45. The fraction of sp³-hybridized carbons (Fsp3) is 0.400. The smallest absolute Gasteiger partial charge is 0.0937 e. The van der Waals surface area contributed by atoms with Gasteiger partial charge < -0.3 is 11.1 Å². The molecule has 3 rings (SSSR count). The van der Waals surface area contributed by atoms with Gasteiger partial charge in [-0.3, -0.25) is 0 Å². The van der Waals surface area contributed by atoms with Gasteiger partial charge in [-0.25, -0.2) is 4.98 Å². The van der Waals surface area contributed by atoms with Gasteiger partial charge in [-0.2, -0.15) is 0 Å². The van der Waals surface area contributed by atoms with Crippen molar-refractivity contribution in [1.82, 2.24) is 10.3 Å². The number of aromatic nitrogens is 1. The summed E-state index contributed by atoms with van der Waals surface area (Å²) in [5, 5.41) is 6.82. The molecule has 0 unspecified atom stereocenters. The molecule has 1 saturated carbocycles. The SMILES string of the molecule is Nc1ccc(C2(CNCCc3nccs3)CC2)cc1. The quantitative estimate of drug-likeness (QED) is 0.628. The molecule has 1 aliphatic rings. The van der Waals surface area contributed by atoms with Gasteiger partial charge in [-0.05, 0) is 30.5 Å². The van der Waals surface area contributed by atoms with E-state index in [-0.39, 0.29) is 0 Å². The zero-order chi connectivity index (χ0) is 13.1. The number of nitrogens with one attached hydrogen (secondary N) is 1. The zero-order valence-electron chi connectivity index (χ0n) is 10.9. The summed E-state index contributed by atoms with van der Waals surface area (Å²) >= 11 is 1.73. The Balaban J connectivity index is 1.50. The van der Waals surface area contributed by atoms with E-state index in [1.165, 1.54) is 23.4 Å². The number of rotatable bonds is 6. The summed E-state index contributed by atoms with van der Waals surface area (Å²) < 4.78 is 0. The summed E-state index contributed by atoms with van der Waals surface area (Å²) in [5.41, 5.74) is 8.37. The molecule has 100 valence electrons. The van der Waals surface area contributed by atoms with Crippen molar-refractivity contribution >= 4 is 17.0 Å². The summed E-state index contributed by atoms with van der Waals surface area (Å²) in [6.45, 7) is 2.06. The van der Waals surface area contributed by atoms with Crippen molar-refractivity contribution < 1.29 is 0 Å². The van der Waals surface area contributed by atoms with Crippen molar-refractivity contribution in [3.63, 3.8) is 0 Å². The summed E-state index contributed by atoms with van der Waals surface area (Å²) in [7, 11) is 0. The maximum Gasteiger partial charge on any atom is 0.0937 e. The van der Waals surface area contributed by atoms with Gasteiger partial charge in [0.15, 0.2) is 0 Å². The molecular formula is C15H19N3S. The molecule has 1 aromatic carbocycles. The van der Waals surface area contributed by atoms with E-state index in [0.29, 0.717) is 5.41 Å². The van der Waals surface area contributed by atoms with Crippen molar-refractivity contribution in [1.29, 1.82) is 0 Å². The third kappa shape index (κ3) is 2.96. The second-order valence-corrected chi connectivity index (χ2v) is 6.23. The Morgan fingerprint density at radius 3 is 2.68 bits per heavy atom. The summed E-state index contributed by atoms with van der Waals surface area (Å²) in [6, 6.07) is 8.35. The first-order chi connectivity index (χ1) is 9.28. The van der Waals surface area contributed by atoms with Gasteiger partial charge in [0.2, 0.25) is 0 Å². The van der Waals surface area contributed by atoms with Gasteiger partial charge in [0.25, 0.3) is 0 Å². The fourth-order valence-electron chi connectivity index (χ4n) is 2.45. The molecular weight excluding hydrogens is 254 g/mol. The summed E-state index contributed by atoms with van der Waals surface area (Å²) in [4.78, 5) is 4.30. The normalized spacial score (nSPS) is 16.4. The Hall–Kier alpha value is -1.39. The van der Waals surface area contributed by atoms with E-state index in [4.69, 9.17) is 5.73 Å². The number of nitrogen functional groups attached to an aromatic ring is 1. The minimum atomic E-state index is 0.358. The van der Waals surface area contributed by atoms with Crippen LogP contribution < -0.4 is 11.1 Å². The van der Waals surface area contributed by atoms with Gasteiger partial charge in [0, 0.05) is 42.2 Å². The molecule has 0 aliphatic heterocycles. The number of hydrogen-bond donors (Lipinski definition) is 2. The molecule has 0 radical (unpaired) electrons. The number of anilines is 1. The van der Waals surface area contributed by atoms with Gasteiger partial charge in [-0.1, -0.05) is 12.1 Å². The Morgan fingerprint density at radius 1 is 1.26 bits per heavy atom. The van der Waals surface area contributed by atoms with Crippen LogP contribution in [0, 0.1) is 0 Å². The highest BCUT2D eigenvalue weighted by Crippen LogP contribution is 2.47. The number of nitrogens with two attached hydrogens (primary N) is 1. The summed E-state index contributed by atoms with van der Waals surface area (Å²) in [5.74, 6) is 0. The number of hydrogen-bond acceptors (Lipinski definition) is 4. The minimum absolute atomic E-state index is 0.358. The molecule has 19 heavy (non-hydrogen) atoms. The zero-order valence-corrected chi connectivity index (χ0v) is 11.7. The standard InChI is InChI=1S/C15H19N3S/c16-13-3-1-12(2-4-13)15(6-7-15)11-17-8-5-14-18-9-10-19-14/h1-4,9-10,17H,5-8,11,16H2. The maximum atomic E-state index is 5.74. The Morgan fingerprint density at radius 2 is 2.05 bits per heavy atom. The molecule has 1 heterocycles. The first kappa shape index (κ1) is 12.6. The van der Waals surface area contributed by atoms with Crippen LogP contribution in [-0.4, -0.2) is 18.1 Å². The highest BCUT2D eigenvalue weighted by atomic mass is 32.1. The lowest BCUT2D eigenvalue weighted by Gasteiger charge is -2.16. The van der Waals surface area contributed by atoms with Crippen molar-refractivity contribution in [3.05, 3.63) is 46.4 Å². The molecule has 3 N–H and O–H groups in total. The molecule has 1 aromatic heterocycles. The van der Waals surface area contributed by atoms with Crippen LogP contribution in [0.1, 0.15) is 23.4 Å². The van der Waals surface area contributed by atoms with E-state index in [1.54, 1.807) is 11.3 Å². The van der Waals surface area contributed by atoms with Gasteiger partial charge in [-0.15, -0.1) is 11.3 Å². The number of benzene rings is 1. The average molecular weight is 273 g/mol. The van der Waals surface area contributed by atoms with Crippen LogP contribution in [0.15, 0.2) is 35.8 Å². The molecule has 1 fully saturated rings. The van der Waals surface area contributed by atoms with Crippen LogP contribution in [0.25, 0.3) is 0 Å². The van der Waals surface area contributed by atoms with Gasteiger partial charge >= 0.3 is 0 Å². The second kappa shape index (κ2) is 5.31. The molecule has 4 heteroatoms. The van der Waals surface area contributed by atoms with Crippen LogP contribution in [0.5, 0.6) is 0 Å². The minimum Gasteiger partial charge on any atom is -0.399 e. The van der Waals surface area contributed by atoms with Crippen molar-refractivity contribution in [2.24, 2.45) is 0 Å². The predicted molar refractivity (Wildman–Crippen MR) is 80.5 cm³/mol. The topological polar surface area (TPSA) is 50.9 Å². The van der Waals surface area contributed by atoms with Crippen molar-refractivity contribution in [3.8, 4) is 0 Å². The molecule has 0 atom stereocenters. The van der Waals surface area contributed by atoms with E-state index in [9.17, 15) is 0 Å². The third-order valence-corrected chi connectivity index (χ3v) is 4.68. The third-order valence-electron chi connectivity index (χ3n) is 3.84. The highest BCUT2D eigenvalue weighted by molar-refractivity contribution is 7.09. The van der Waals surface area contributed by atoms with E-state index in [0.717, 1.165) is 25.2 Å². The van der Waals surface area contributed by atoms with Gasteiger partial charge in [0.1, 0.15) is 0 Å². The van der Waals surface area contributed by atoms with E-state index in [1.807, 2.05) is 23.7 Å². The van der Waals surface area contributed by atoms with E-state index in [2.05, 4.69) is 22.4 Å². The Labute approximate surface area is 117 Å². The Kier molecular flexibility index (Phi) is 3.53. The predicted octanol–water partition coefficient (Wildman–Crippen LogP) is 2.59.